The van der Waals surface area contributed by atoms with Crippen molar-refractivity contribution >= 4 is 5.91 Å². The van der Waals surface area contributed by atoms with Gasteiger partial charge in [-0.2, -0.15) is 0 Å². The van der Waals surface area contributed by atoms with Crippen LogP contribution in [0.25, 0.3) is 0 Å². The van der Waals surface area contributed by atoms with Crippen LogP contribution in [0.3, 0.4) is 0 Å². The summed E-state index contributed by atoms with van der Waals surface area (Å²) < 4.78 is 5.47. The van der Waals surface area contributed by atoms with Crippen molar-refractivity contribution in [3.8, 4) is 0 Å². The predicted molar refractivity (Wildman–Crippen MR) is 75.0 cm³/mol. The fourth-order valence-electron chi connectivity index (χ4n) is 2.35. The first-order valence-electron chi connectivity index (χ1n) is 7.43. The standard InChI is InChI=1S/C14H28N2O3/c1-4-12(17)11-15-7-9-16(10-8-15)14(18)13(5-2)19-6-3/h12-13,17H,4-11H2,1-3H3/t12-,13-/m0/s1. The van der Waals surface area contributed by atoms with Crippen molar-refractivity contribution in [1.29, 1.82) is 0 Å². The Kier molecular flexibility index (Phi) is 7.34. The van der Waals surface area contributed by atoms with Crippen LogP contribution in [0.2, 0.25) is 0 Å². The van der Waals surface area contributed by atoms with Crippen molar-refractivity contribution in [3.05, 3.63) is 0 Å². The lowest BCUT2D eigenvalue weighted by atomic mass is 10.2. The van der Waals surface area contributed by atoms with Gasteiger partial charge in [-0.1, -0.05) is 13.8 Å². The Hall–Kier alpha value is -0.650. The van der Waals surface area contributed by atoms with Crippen LogP contribution >= 0.6 is 0 Å². The van der Waals surface area contributed by atoms with Crippen LogP contribution in [0.5, 0.6) is 0 Å². The molecule has 0 aromatic rings. The number of carbonyl (C=O) groups excluding carboxylic acids is 1. The topological polar surface area (TPSA) is 53.0 Å². The lowest BCUT2D eigenvalue weighted by molar-refractivity contribution is -0.145. The minimum Gasteiger partial charge on any atom is -0.392 e. The molecular formula is C14H28N2O3. The summed E-state index contributed by atoms with van der Waals surface area (Å²) in [6.45, 7) is 10.3. The van der Waals surface area contributed by atoms with Crippen molar-refractivity contribution in [2.45, 2.75) is 45.8 Å². The SMILES string of the molecule is CCO[C@@H](CC)C(=O)N1CCN(C[C@@H](O)CC)CC1. The first-order chi connectivity index (χ1) is 9.12. The molecule has 0 radical (unpaired) electrons. The Bertz CT molecular complexity index is 265. The van der Waals surface area contributed by atoms with Crippen LogP contribution in [0.1, 0.15) is 33.6 Å². The summed E-state index contributed by atoms with van der Waals surface area (Å²) >= 11 is 0. The summed E-state index contributed by atoms with van der Waals surface area (Å²) in [6.07, 6.45) is 0.954. The van der Waals surface area contributed by atoms with E-state index in [-0.39, 0.29) is 18.1 Å². The molecule has 5 nitrogen and oxygen atoms in total. The van der Waals surface area contributed by atoms with E-state index in [1.807, 2.05) is 25.7 Å². The zero-order valence-corrected chi connectivity index (χ0v) is 12.5. The molecule has 0 unspecified atom stereocenters. The smallest absolute Gasteiger partial charge is 0.251 e. The van der Waals surface area contributed by atoms with E-state index in [1.165, 1.54) is 0 Å². The summed E-state index contributed by atoms with van der Waals surface area (Å²) in [7, 11) is 0. The Balaban J connectivity index is 2.38. The number of β-amino-alcohol motifs (C(OH)–C–C–N with tert-alkyl or cyclic N) is 1. The van der Waals surface area contributed by atoms with Gasteiger partial charge in [0, 0.05) is 39.3 Å². The quantitative estimate of drug-likeness (QED) is 0.742. The Morgan fingerprint density at radius 2 is 1.79 bits per heavy atom. The van der Waals surface area contributed by atoms with Crippen LogP contribution in [-0.4, -0.2) is 72.4 Å². The highest BCUT2D eigenvalue weighted by molar-refractivity contribution is 5.81. The average molecular weight is 272 g/mol. The third-order valence-corrected chi connectivity index (χ3v) is 3.64. The number of rotatable bonds is 7. The second kappa shape index (κ2) is 8.51. The van der Waals surface area contributed by atoms with E-state index < -0.39 is 0 Å². The van der Waals surface area contributed by atoms with Crippen molar-refractivity contribution in [1.82, 2.24) is 9.80 Å². The average Bonchev–Trinajstić information content (AvgIpc) is 2.44. The maximum atomic E-state index is 12.2. The summed E-state index contributed by atoms with van der Waals surface area (Å²) in [5.41, 5.74) is 0. The van der Waals surface area contributed by atoms with Crippen LogP contribution in [0.4, 0.5) is 0 Å². The van der Waals surface area contributed by atoms with E-state index in [4.69, 9.17) is 4.74 Å². The Morgan fingerprint density at radius 1 is 1.16 bits per heavy atom. The minimum absolute atomic E-state index is 0.111. The van der Waals surface area contributed by atoms with Gasteiger partial charge in [0.2, 0.25) is 0 Å². The van der Waals surface area contributed by atoms with Gasteiger partial charge in [-0.25, -0.2) is 0 Å². The van der Waals surface area contributed by atoms with Crippen molar-refractivity contribution in [2.24, 2.45) is 0 Å². The zero-order valence-electron chi connectivity index (χ0n) is 12.5. The number of piperazine rings is 1. The first-order valence-corrected chi connectivity index (χ1v) is 7.43. The summed E-state index contributed by atoms with van der Waals surface area (Å²) in [6, 6.07) is 0. The van der Waals surface area contributed by atoms with Gasteiger partial charge >= 0.3 is 0 Å². The van der Waals surface area contributed by atoms with Crippen molar-refractivity contribution in [3.63, 3.8) is 0 Å². The molecule has 0 aromatic carbocycles. The molecule has 1 heterocycles. The molecule has 5 heteroatoms. The molecule has 1 N–H and O–H groups in total. The van der Waals surface area contributed by atoms with Crippen LogP contribution in [0.15, 0.2) is 0 Å². The molecule has 1 aliphatic rings. The van der Waals surface area contributed by atoms with Crippen molar-refractivity contribution < 1.29 is 14.6 Å². The highest BCUT2D eigenvalue weighted by Crippen LogP contribution is 2.09. The molecule has 0 aromatic heterocycles. The highest BCUT2D eigenvalue weighted by Gasteiger charge is 2.27. The van der Waals surface area contributed by atoms with Crippen LogP contribution in [0, 0.1) is 0 Å². The second-order valence-electron chi connectivity index (χ2n) is 5.04. The number of amides is 1. The maximum Gasteiger partial charge on any atom is 0.251 e. The number of ether oxygens (including phenoxy) is 1. The van der Waals surface area contributed by atoms with Gasteiger partial charge in [0.15, 0.2) is 0 Å². The third-order valence-electron chi connectivity index (χ3n) is 3.64. The Labute approximate surface area is 116 Å². The molecule has 1 aliphatic heterocycles. The van der Waals surface area contributed by atoms with Gasteiger partial charge < -0.3 is 14.7 Å². The Morgan fingerprint density at radius 3 is 2.26 bits per heavy atom. The molecule has 1 rings (SSSR count). The number of nitrogens with zero attached hydrogens (tertiary/aromatic N) is 2. The fourth-order valence-corrected chi connectivity index (χ4v) is 2.35. The molecule has 1 amide bonds. The molecule has 0 aliphatic carbocycles. The minimum atomic E-state index is -0.294. The van der Waals surface area contributed by atoms with Gasteiger partial charge in [0.1, 0.15) is 6.10 Å². The molecule has 0 bridgehead atoms. The normalized spacial score (nSPS) is 20.3. The second-order valence-corrected chi connectivity index (χ2v) is 5.04. The molecule has 0 spiro atoms. The molecular weight excluding hydrogens is 244 g/mol. The van der Waals surface area contributed by atoms with E-state index in [1.54, 1.807) is 0 Å². The zero-order chi connectivity index (χ0) is 14.3. The number of aliphatic hydroxyl groups is 1. The number of hydrogen-bond donors (Lipinski definition) is 1. The van der Waals surface area contributed by atoms with E-state index in [2.05, 4.69) is 4.90 Å². The number of carbonyl (C=O) groups is 1. The largest absolute Gasteiger partial charge is 0.392 e. The summed E-state index contributed by atoms with van der Waals surface area (Å²) in [4.78, 5) is 16.3. The number of hydrogen-bond acceptors (Lipinski definition) is 4. The molecule has 0 saturated carbocycles. The summed E-state index contributed by atoms with van der Waals surface area (Å²) in [5, 5.41) is 9.64. The van der Waals surface area contributed by atoms with Crippen molar-refractivity contribution in [2.75, 3.05) is 39.3 Å². The predicted octanol–water partition coefficient (Wildman–Crippen LogP) is 0.717. The first kappa shape index (κ1) is 16.4. The molecule has 19 heavy (non-hydrogen) atoms. The monoisotopic (exact) mass is 272 g/mol. The van der Waals surface area contributed by atoms with Gasteiger partial charge in [-0.05, 0) is 19.8 Å². The van der Waals surface area contributed by atoms with E-state index in [9.17, 15) is 9.90 Å². The summed E-state index contributed by atoms with van der Waals surface area (Å²) in [5.74, 6) is 0.111. The highest BCUT2D eigenvalue weighted by atomic mass is 16.5. The van der Waals surface area contributed by atoms with Gasteiger partial charge in [0.05, 0.1) is 6.10 Å². The molecule has 2 atom stereocenters. The lowest BCUT2D eigenvalue weighted by Crippen LogP contribution is -2.52. The number of aliphatic hydroxyl groups excluding tert-OH is 1. The van der Waals surface area contributed by atoms with Gasteiger partial charge in [-0.3, -0.25) is 9.69 Å². The van der Waals surface area contributed by atoms with Crippen LogP contribution in [-0.2, 0) is 9.53 Å². The fraction of sp³-hybridized carbons (Fsp3) is 0.929. The molecule has 1 fully saturated rings. The lowest BCUT2D eigenvalue weighted by Gasteiger charge is -2.36. The van der Waals surface area contributed by atoms with E-state index in [0.29, 0.717) is 13.2 Å². The maximum absolute atomic E-state index is 12.2. The van der Waals surface area contributed by atoms with Gasteiger partial charge in [-0.15, -0.1) is 0 Å². The van der Waals surface area contributed by atoms with E-state index in [0.717, 1.165) is 39.0 Å². The molecule has 1 saturated heterocycles. The van der Waals surface area contributed by atoms with E-state index >= 15 is 0 Å². The molecule has 112 valence electrons. The van der Waals surface area contributed by atoms with Crippen LogP contribution < -0.4 is 0 Å². The van der Waals surface area contributed by atoms with Gasteiger partial charge in [0.25, 0.3) is 5.91 Å². The third kappa shape index (κ3) is 5.09.